The van der Waals surface area contributed by atoms with E-state index in [2.05, 4.69) is 10.0 Å². The van der Waals surface area contributed by atoms with E-state index in [0.717, 1.165) is 44.1 Å². The molecule has 1 saturated heterocycles. The van der Waals surface area contributed by atoms with E-state index in [1.807, 2.05) is 6.92 Å². The highest BCUT2D eigenvalue weighted by Crippen LogP contribution is 2.23. The highest BCUT2D eigenvalue weighted by atomic mass is 32.2. The first-order chi connectivity index (χ1) is 16.8. The number of piperidine rings is 1. The van der Waals surface area contributed by atoms with Gasteiger partial charge in [-0.05, 0) is 69.0 Å². The van der Waals surface area contributed by atoms with Gasteiger partial charge in [0, 0.05) is 30.4 Å². The first-order valence-electron chi connectivity index (χ1n) is 12.6. The van der Waals surface area contributed by atoms with Crippen LogP contribution in [-0.4, -0.2) is 44.3 Å². The zero-order valence-corrected chi connectivity index (χ0v) is 21.1. The molecule has 0 unspecified atom stereocenters. The molecule has 2 aromatic carbocycles. The van der Waals surface area contributed by atoms with Gasteiger partial charge in [-0.15, -0.1) is 0 Å². The van der Waals surface area contributed by atoms with Crippen LogP contribution in [0.1, 0.15) is 67.3 Å². The normalized spacial score (nSPS) is 19.6. The molecule has 0 bridgehead atoms. The number of anilines is 1. The summed E-state index contributed by atoms with van der Waals surface area (Å²) in [4.78, 5) is 27.9. The first-order valence-corrected chi connectivity index (χ1v) is 14.1. The summed E-state index contributed by atoms with van der Waals surface area (Å²) in [5, 5.41) is 3.23. The van der Waals surface area contributed by atoms with Crippen molar-refractivity contribution in [3.05, 3.63) is 59.7 Å². The number of nitrogens with one attached hydrogen (secondary N) is 2. The van der Waals surface area contributed by atoms with Crippen LogP contribution in [0.3, 0.4) is 0 Å². The minimum Gasteiger partial charge on any atom is -0.353 e. The highest BCUT2D eigenvalue weighted by molar-refractivity contribution is 7.92. The molecule has 2 aliphatic rings. The number of likely N-dealkylation sites (tertiary alicyclic amines) is 1. The maximum atomic E-state index is 13.1. The Morgan fingerprint density at radius 1 is 0.857 bits per heavy atom. The van der Waals surface area contributed by atoms with Gasteiger partial charge in [-0.2, -0.15) is 0 Å². The van der Waals surface area contributed by atoms with E-state index in [1.54, 1.807) is 53.4 Å². The minimum absolute atomic E-state index is 0.0651. The molecule has 2 N–H and O–H groups in total. The number of nitrogens with zero attached hydrogens (tertiary/aromatic N) is 1. The van der Waals surface area contributed by atoms with Crippen molar-refractivity contribution in [2.75, 3.05) is 17.8 Å². The third kappa shape index (κ3) is 6.63. The van der Waals surface area contributed by atoms with Crippen molar-refractivity contribution in [2.45, 2.75) is 69.2 Å². The summed E-state index contributed by atoms with van der Waals surface area (Å²) in [5.74, 6) is -0.253. The van der Waals surface area contributed by atoms with E-state index in [0.29, 0.717) is 24.3 Å². The number of rotatable bonds is 6. The third-order valence-electron chi connectivity index (χ3n) is 7.00. The van der Waals surface area contributed by atoms with E-state index in [9.17, 15) is 18.0 Å². The molecule has 2 fully saturated rings. The first kappa shape index (κ1) is 25.2. The quantitative estimate of drug-likeness (QED) is 0.575. The molecule has 0 aromatic heterocycles. The molecule has 1 aliphatic heterocycles. The van der Waals surface area contributed by atoms with Crippen LogP contribution >= 0.6 is 0 Å². The Kier molecular flexibility index (Phi) is 8.11. The lowest BCUT2D eigenvalue weighted by molar-refractivity contribution is -0.127. The Hall–Kier alpha value is -2.87. The predicted octanol–water partition coefficient (Wildman–Crippen LogP) is 4.49. The molecule has 0 spiro atoms. The molecule has 1 atom stereocenters. The average molecular weight is 498 g/mol. The van der Waals surface area contributed by atoms with Crippen molar-refractivity contribution in [2.24, 2.45) is 5.92 Å². The molecule has 2 amide bonds. The van der Waals surface area contributed by atoms with Gasteiger partial charge in [0.25, 0.3) is 15.9 Å². The van der Waals surface area contributed by atoms with Crippen molar-refractivity contribution in [1.82, 2.24) is 10.2 Å². The Morgan fingerprint density at radius 2 is 1.51 bits per heavy atom. The number of amides is 2. The second kappa shape index (κ2) is 11.2. The Morgan fingerprint density at radius 3 is 2.17 bits per heavy atom. The second-order valence-electron chi connectivity index (χ2n) is 9.78. The fraction of sp³-hybridized carbons (Fsp3) is 0.481. The van der Waals surface area contributed by atoms with Crippen LogP contribution in [0.2, 0.25) is 0 Å². The minimum atomic E-state index is -3.70. The lowest BCUT2D eigenvalue weighted by Gasteiger charge is -2.33. The van der Waals surface area contributed by atoms with Crippen molar-refractivity contribution < 1.29 is 18.0 Å². The van der Waals surface area contributed by atoms with Crippen molar-refractivity contribution in [3.63, 3.8) is 0 Å². The number of benzene rings is 2. The van der Waals surface area contributed by atoms with Crippen molar-refractivity contribution in [1.29, 1.82) is 0 Å². The van der Waals surface area contributed by atoms with E-state index in [-0.39, 0.29) is 28.7 Å². The van der Waals surface area contributed by atoms with Crippen LogP contribution in [0.25, 0.3) is 0 Å². The predicted molar refractivity (Wildman–Crippen MR) is 137 cm³/mol. The zero-order chi connectivity index (χ0) is 24.8. The lowest BCUT2D eigenvalue weighted by Crippen LogP contribution is -2.47. The summed E-state index contributed by atoms with van der Waals surface area (Å²) < 4.78 is 27.8. The number of carbonyl (C=O) groups is 2. The number of aryl methyl sites for hydroxylation is 1. The maximum absolute atomic E-state index is 13.1. The highest BCUT2D eigenvalue weighted by Gasteiger charge is 2.30. The van der Waals surface area contributed by atoms with E-state index in [1.165, 1.54) is 12.8 Å². The molecule has 1 saturated carbocycles. The standard InChI is InChI=1S/C27H35N3O4S/c1-20-10-16-25(17-11-20)35(33,34)29-24-14-12-21(13-15-24)27(32)30-18-6-7-22(19-30)26(31)28-23-8-4-2-3-5-9-23/h10-17,22-23,29H,2-9,18-19H2,1H3,(H,28,31)/t22-/m0/s1. The molecular formula is C27H35N3O4S. The number of hydrogen-bond acceptors (Lipinski definition) is 4. The summed E-state index contributed by atoms with van der Waals surface area (Å²) in [7, 11) is -3.70. The fourth-order valence-corrected chi connectivity index (χ4v) is 5.97. The maximum Gasteiger partial charge on any atom is 0.261 e. The Bertz CT molecular complexity index is 1120. The van der Waals surface area contributed by atoms with E-state index < -0.39 is 10.0 Å². The summed E-state index contributed by atoms with van der Waals surface area (Å²) in [6.07, 6.45) is 8.48. The fourth-order valence-electron chi connectivity index (χ4n) is 4.91. The van der Waals surface area contributed by atoms with Crippen LogP contribution in [0.15, 0.2) is 53.4 Å². The monoisotopic (exact) mass is 497 g/mol. The van der Waals surface area contributed by atoms with Gasteiger partial charge in [-0.25, -0.2) is 8.42 Å². The third-order valence-corrected chi connectivity index (χ3v) is 8.39. The molecule has 35 heavy (non-hydrogen) atoms. The molecule has 4 rings (SSSR count). The summed E-state index contributed by atoms with van der Waals surface area (Å²) in [6, 6.07) is 13.3. The van der Waals surface area contributed by atoms with Gasteiger partial charge in [0.2, 0.25) is 5.91 Å². The molecule has 7 nitrogen and oxygen atoms in total. The zero-order valence-electron chi connectivity index (χ0n) is 20.3. The van der Waals surface area contributed by atoms with E-state index in [4.69, 9.17) is 0 Å². The van der Waals surface area contributed by atoms with Crippen molar-refractivity contribution in [3.8, 4) is 0 Å². The van der Waals surface area contributed by atoms with Gasteiger partial charge in [0.1, 0.15) is 0 Å². The molecule has 188 valence electrons. The van der Waals surface area contributed by atoms with Gasteiger partial charge in [-0.1, -0.05) is 43.4 Å². The SMILES string of the molecule is Cc1ccc(S(=O)(=O)Nc2ccc(C(=O)N3CCC[C@H](C(=O)NC4CCCCCC4)C3)cc2)cc1. The van der Waals surface area contributed by atoms with Gasteiger partial charge in [0.15, 0.2) is 0 Å². The molecular weight excluding hydrogens is 462 g/mol. The largest absolute Gasteiger partial charge is 0.353 e. The number of sulfonamides is 1. The molecule has 0 radical (unpaired) electrons. The topological polar surface area (TPSA) is 95.6 Å². The Labute approximate surface area is 208 Å². The van der Waals surface area contributed by atoms with Gasteiger partial charge < -0.3 is 10.2 Å². The van der Waals surface area contributed by atoms with Gasteiger partial charge in [-0.3, -0.25) is 14.3 Å². The van der Waals surface area contributed by atoms with Crippen LogP contribution in [-0.2, 0) is 14.8 Å². The summed E-state index contributed by atoms with van der Waals surface area (Å²) in [5.41, 5.74) is 1.85. The van der Waals surface area contributed by atoms with Crippen molar-refractivity contribution >= 4 is 27.5 Å². The summed E-state index contributed by atoms with van der Waals surface area (Å²) in [6.45, 7) is 2.93. The molecule has 8 heteroatoms. The van der Waals surface area contributed by atoms with Crippen LogP contribution in [0, 0.1) is 12.8 Å². The number of hydrogen-bond donors (Lipinski definition) is 2. The van der Waals surface area contributed by atoms with E-state index >= 15 is 0 Å². The molecule has 1 heterocycles. The smallest absolute Gasteiger partial charge is 0.261 e. The summed E-state index contributed by atoms with van der Waals surface area (Å²) >= 11 is 0. The average Bonchev–Trinajstić information content (AvgIpc) is 3.13. The van der Waals surface area contributed by atoms with Crippen LogP contribution in [0.4, 0.5) is 5.69 Å². The Balaban J connectivity index is 1.35. The van der Waals surface area contributed by atoms with Gasteiger partial charge >= 0.3 is 0 Å². The molecule has 1 aliphatic carbocycles. The van der Waals surface area contributed by atoms with Gasteiger partial charge in [0.05, 0.1) is 10.8 Å². The second-order valence-corrected chi connectivity index (χ2v) is 11.5. The van der Waals surface area contributed by atoms with Crippen LogP contribution in [0.5, 0.6) is 0 Å². The van der Waals surface area contributed by atoms with Crippen LogP contribution < -0.4 is 10.0 Å². The number of carbonyl (C=O) groups excluding carboxylic acids is 2. The lowest BCUT2D eigenvalue weighted by atomic mass is 9.95. The molecule has 2 aromatic rings.